The van der Waals surface area contributed by atoms with E-state index < -0.39 is 25.1 Å². The van der Waals surface area contributed by atoms with Crippen molar-refractivity contribution in [3.05, 3.63) is 81.3 Å². The van der Waals surface area contributed by atoms with Crippen LogP contribution in [-0.4, -0.2) is 25.8 Å². The van der Waals surface area contributed by atoms with Gasteiger partial charge in [-0.3, -0.25) is 0 Å². The third kappa shape index (κ3) is 4.37. The SMILES string of the molecule is O=C(O)c1cccc(/C=C/c2ccc3c(Br)c(C(F)(F)[P+](O)(O)O)ccc3c2)c1. The molecular weight excluding hydrogens is 469 g/mol. The van der Waals surface area contributed by atoms with Crippen molar-refractivity contribution in [3.8, 4) is 0 Å². The van der Waals surface area contributed by atoms with Crippen LogP contribution in [0.3, 0.4) is 0 Å². The van der Waals surface area contributed by atoms with E-state index in [4.69, 9.17) is 19.8 Å². The zero-order valence-corrected chi connectivity index (χ0v) is 17.1. The topological polar surface area (TPSA) is 98.0 Å². The summed E-state index contributed by atoms with van der Waals surface area (Å²) in [6.07, 6.45) is 3.48. The molecule has 0 bridgehead atoms. The minimum Gasteiger partial charge on any atom is -0.478 e. The maximum atomic E-state index is 14.1. The number of carboxylic acid groups (broad SMARTS) is 1. The largest absolute Gasteiger partial charge is 0.485 e. The monoisotopic (exact) mass is 483 g/mol. The van der Waals surface area contributed by atoms with Crippen LogP contribution in [0.5, 0.6) is 0 Å². The van der Waals surface area contributed by atoms with E-state index in [1.165, 1.54) is 18.2 Å². The van der Waals surface area contributed by atoms with Gasteiger partial charge in [-0.15, -0.1) is 0 Å². The first kappa shape index (κ1) is 21.5. The molecule has 0 aliphatic rings. The Kier molecular flexibility index (Phi) is 5.85. The minimum atomic E-state index is -5.43. The lowest BCUT2D eigenvalue weighted by molar-refractivity contribution is 0.0420. The molecule has 0 aliphatic heterocycles. The van der Waals surface area contributed by atoms with E-state index in [9.17, 15) is 13.6 Å². The zero-order valence-electron chi connectivity index (χ0n) is 14.6. The molecule has 0 fully saturated rings. The highest BCUT2D eigenvalue weighted by atomic mass is 79.9. The number of carboxylic acids is 1. The molecule has 0 heterocycles. The summed E-state index contributed by atoms with van der Waals surface area (Å²) in [6.45, 7) is 0. The molecule has 4 N–H and O–H groups in total. The number of alkyl halides is 2. The molecule has 0 spiro atoms. The lowest BCUT2D eigenvalue weighted by atomic mass is 10.0. The molecule has 0 aliphatic carbocycles. The molecule has 9 heteroatoms. The smallest absolute Gasteiger partial charge is 0.478 e. The normalized spacial score (nSPS) is 12.6. The van der Waals surface area contributed by atoms with Crippen LogP contribution in [0.2, 0.25) is 0 Å². The first-order valence-electron chi connectivity index (χ1n) is 8.20. The van der Waals surface area contributed by atoms with Gasteiger partial charge in [0, 0.05) is 4.47 Å². The van der Waals surface area contributed by atoms with E-state index in [2.05, 4.69) is 15.9 Å². The fourth-order valence-electron chi connectivity index (χ4n) is 2.78. The Labute approximate surface area is 173 Å². The summed E-state index contributed by atoms with van der Waals surface area (Å²) in [5.74, 6) is -1.02. The molecule has 3 rings (SSSR count). The summed E-state index contributed by atoms with van der Waals surface area (Å²) in [7, 11) is -5.43. The number of fused-ring (bicyclic) bond motifs is 1. The van der Waals surface area contributed by atoms with Gasteiger partial charge in [-0.25, -0.2) is 4.79 Å². The number of aromatic carboxylic acids is 1. The van der Waals surface area contributed by atoms with Crippen LogP contribution in [0.25, 0.3) is 22.9 Å². The van der Waals surface area contributed by atoms with Crippen molar-refractivity contribution >= 4 is 52.8 Å². The second-order valence-electron chi connectivity index (χ2n) is 6.28. The summed E-state index contributed by atoms with van der Waals surface area (Å²) in [5.41, 5.74) is -3.32. The fourth-order valence-corrected chi connectivity index (χ4v) is 4.18. The number of hydrogen-bond donors (Lipinski definition) is 4. The van der Waals surface area contributed by atoms with Crippen LogP contribution in [0.1, 0.15) is 27.0 Å². The van der Waals surface area contributed by atoms with Gasteiger partial charge in [-0.2, -0.15) is 23.5 Å². The highest BCUT2D eigenvalue weighted by Gasteiger charge is 2.64. The minimum absolute atomic E-state index is 0.0498. The van der Waals surface area contributed by atoms with Gasteiger partial charge in [0.15, 0.2) is 0 Å². The van der Waals surface area contributed by atoms with E-state index in [-0.39, 0.29) is 10.0 Å². The average molecular weight is 484 g/mol. The lowest BCUT2D eigenvalue weighted by Gasteiger charge is -2.18. The van der Waals surface area contributed by atoms with Crippen molar-refractivity contribution in [2.24, 2.45) is 0 Å². The van der Waals surface area contributed by atoms with E-state index in [1.54, 1.807) is 42.5 Å². The van der Waals surface area contributed by atoms with Crippen LogP contribution in [0, 0.1) is 0 Å². The molecule has 3 aromatic rings. The standard InChI is InChI=1S/C20H14BrF2O5P/c21-18-16-8-6-13(5-4-12-2-1-3-15(11-12)19(24)25)10-14(16)7-9-17(18)20(22,23)29(26,27)28/h1-11,26-28H/p+1/b5-4+. The molecule has 0 unspecified atom stereocenters. The summed E-state index contributed by atoms with van der Waals surface area (Å²) >= 11 is 3.06. The van der Waals surface area contributed by atoms with Crippen molar-refractivity contribution in [1.82, 2.24) is 0 Å². The van der Waals surface area contributed by atoms with Crippen LogP contribution in [0.15, 0.2) is 59.1 Å². The number of hydrogen-bond acceptors (Lipinski definition) is 4. The Balaban J connectivity index is 1.97. The summed E-state index contributed by atoms with van der Waals surface area (Å²) in [4.78, 5) is 38.3. The summed E-state index contributed by atoms with van der Waals surface area (Å²) in [6, 6.07) is 13.8. The zero-order chi connectivity index (χ0) is 21.4. The van der Waals surface area contributed by atoms with Gasteiger partial charge in [-0.05, 0) is 62.1 Å². The predicted molar refractivity (Wildman–Crippen MR) is 111 cm³/mol. The maximum absolute atomic E-state index is 14.1. The maximum Gasteiger partial charge on any atom is 0.485 e. The van der Waals surface area contributed by atoms with Gasteiger partial charge in [0.25, 0.3) is 0 Å². The van der Waals surface area contributed by atoms with Crippen molar-refractivity contribution in [1.29, 1.82) is 0 Å². The molecule has 0 saturated heterocycles. The predicted octanol–water partition coefficient (Wildman–Crippen LogP) is 5.26. The molecule has 5 nitrogen and oxygen atoms in total. The van der Waals surface area contributed by atoms with Gasteiger partial charge in [0.05, 0.1) is 11.1 Å². The highest BCUT2D eigenvalue weighted by Crippen LogP contribution is 2.66. The van der Waals surface area contributed by atoms with E-state index in [0.717, 1.165) is 11.6 Å². The Bertz CT molecular complexity index is 1130. The molecule has 150 valence electrons. The van der Waals surface area contributed by atoms with Gasteiger partial charge < -0.3 is 5.11 Å². The second kappa shape index (κ2) is 7.89. The lowest BCUT2D eigenvalue weighted by Crippen LogP contribution is -2.18. The first-order chi connectivity index (χ1) is 13.5. The van der Waals surface area contributed by atoms with Crippen molar-refractivity contribution in [2.45, 2.75) is 5.66 Å². The Morgan fingerprint density at radius 3 is 2.24 bits per heavy atom. The second-order valence-corrected chi connectivity index (χ2v) is 8.77. The fraction of sp³-hybridized carbons (Fsp3) is 0.0500. The molecule has 0 radical (unpaired) electrons. The quantitative estimate of drug-likeness (QED) is 0.293. The number of halogens is 3. The molecule has 29 heavy (non-hydrogen) atoms. The summed E-state index contributed by atoms with van der Waals surface area (Å²) in [5, 5.41) is 10.1. The van der Waals surface area contributed by atoms with Crippen LogP contribution < -0.4 is 0 Å². The molecule has 0 atom stereocenters. The van der Waals surface area contributed by atoms with Crippen molar-refractivity contribution in [3.63, 3.8) is 0 Å². The number of benzene rings is 3. The molecule has 0 saturated carbocycles. The van der Waals surface area contributed by atoms with E-state index >= 15 is 0 Å². The van der Waals surface area contributed by atoms with Crippen LogP contribution >= 0.6 is 23.9 Å². The van der Waals surface area contributed by atoms with Gasteiger partial charge in [0.2, 0.25) is 0 Å². The Hall–Kier alpha value is -2.22. The molecule has 0 aromatic heterocycles. The molecular formula is C20H15BrF2O5P+. The van der Waals surface area contributed by atoms with Crippen LogP contribution in [-0.2, 0) is 5.66 Å². The molecule has 0 amide bonds. The van der Waals surface area contributed by atoms with E-state index in [0.29, 0.717) is 16.3 Å². The first-order valence-corrected chi connectivity index (χ1v) is 10.6. The summed E-state index contributed by atoms with van der Waals surface area (Å²) < 4.78 is 28.2. The van der Waals surface area contributed by atoms with Crippen molar-refractivity contribution in [2.75, 3.05) is 0 Å². The third-order valence-electron chi connectivity index (χ3n) is 4.28. The average Bonchev–Trinajstić information content (AvgIpc) is 2.65. The van der Waals surface area contributed by atoms with Crippen molar-refractivity contribution < 1.29 is 33.4 Å². The van der Waals surface area contributed by atoms with Crippen LogP contribution in [0.4, 0.5) is 8.78 Å². The highest BCUT2D eigenvalue weighted by molar-refractivity contribution is 9.10. The number of rotatable bonds is 5. The Morgan fingerprint density at radius 1 is 0.966 bits per heavy atom. The molecule has 3 aromatic carbocycles. The van der Waals surface area contributed by atoms with E-state index in [1.807, 2.05) is 0 Å². The van der Waals surface area contributed by atoms with Gasteiger partial charge >= 0.3 is 19.6 Å². The van der Waals surface area contributed by atoms with Gasteiger partial charge in [-0.1, -0.05) is 42.5 Å². The number of carbonyl (C=O) groups is 1. The third-order valence-corrected chi connectivity index (χ3v) is 6.13. The van der Waals surface area contributed by atoms with Gasteiger partial charge in [0.1, 0.15) is 0 Å². The Morgan fingerprint density at radius 2 is 1.62 bits per heavy atom.